The quantitative estimate of drug-likeness (QED) is 0.662. The van der Waals surface area contributed by atoms with Crippen molar-refractivity contribution in [1.29, 1.82) is 5.26 Å². The van der Waals surface area contributed by atoms with Crippen LogP contribution in [0.5, 0.6) is 11.6 Å². The molecule has 0 fully saturated rings. The van der Waals surface area contributed by atoms with E-state index in [1.807, 2.05) is 6.92 Å². The van der Waals surface area contributed by atoms with E-state index >= 15 is 0 Å². The van der Waals surface area contributed by atoms with Crippen LogP contribution in [-0.4, -0.2) is 9.97 Å². The summed E-state index contributed by atoms with van der Waals surface area (Å²) in [6.07, 6.45) is 0.604. The smallest absolute Gasteiger partial charge is 0.227 e. The number of rotatable bonds is 4. The highest BCUT2D eigenvalue weighted by atomic mass is 19.1. The van der Waals surface area contributed by atoms with Crippen molar-refractivity contribution in [2.45, 2.75) is 20.3 Å². The summed E-state index contributed by atoms with van der Waals surface area (Å²) < 4.78 is 19.2. The zero-order valence-corrected chi connectivity index (χ0v) is 11.6. The van der Waals surface area contributed by atoms with Crippen LogP contribution in [0.1, 0.15) is 23.9 Å². The van der Waals surface area contributed by atoms with E-state index in [1.54, 1.807) is 13.0 Å². The Morgan fingerprint density at radius 2 is 2.19 bits per heavy atom. The summed E-state index contributed by atoms with van der Waals surface area (Å²) in [6, 6.07) is 5.75. The van der Waals surface area contributed by atoms with Crippen LogP contribution in [0.3, 0.4) is 0 Å². The van der Waals surface area contributed by atoms with Crippen molar-refractivity contribution in [2.24, 2.45) is 5.84 Å². The summed E-state index contributed by atoms with van der Waals surface area (Å²) in [5.41, 5.74) is 3.05. The van der Waals surface area contributed by atoms with Gasteiger partial charge in [-0.3, -0.25) is 0 Å². The first kappa shape index (κ1) is 14.7. The second-order valence-corrected chi connectivity index (χ2v) is 4.27. The van der Waals surface area contributed by atoms with Gasteiger partial charge in [0.1, 0.15) is 29.3 Å². The number of aromatic nitrogens is 2. The maximum absolute atomic E-state index is 13.6. The first-order valence-corrected chi connectivity index (χ1v) is 6.30. The van der Waals surface area contributed by atoms with Gasteiger partial charge in [0.15, 0.2) is 0 Å². The van der Waals surface area contributed by atoms with Crippen molar-refractivity contribution in [3.05, 3.63) is 41.0 Å². The van der Waals surface area contributed by atoms with Crippen molar-refractivity contribution in [3.63, 3.8) is 0 Å². The van der Waals surface area contributed by atoms with Gasteiger partial charge in [-0.05, 0) is 19.1 Å². The van der Waals surface area contributed by atoms with E-state index in [4.69, 9.17) is 15.8 Å². The largest absolute Gasteiger partial charge is 0.438 e. The molecular formula is C14H14FN5O. The number of nitriles is 1. The van der Waals surface area contributed by atoms with E-state index < -0.39 is 5.82 Å². The molecule has 0 unspecified atom stereocenters. The average Bonchev–Trinajstić information content (AvgIpc) is 2.49. The lowest BCUT2D eigenvalue weighted by Gasteiger charge is -2.12. The summed E-state index contributed by atoms with van der Waals surface area (Å²) in [5.74, 6) is 6.31. The van der Waals surface area contributed by atoms with Gasteiger partial charge in [-0.25, -0.2) is 15.2 Å². The lowest BCUT2D eigenvalue weighted by atomic mass is 10.2. The lowest BCUT2D eigenvalue weighted by molar-refractivity contribution is 0.450. The van der Waals surface area contributed by atoms with E-state index in [0.717, 1.165) is 6.07 Å². The summed E-state index contributed by atoms with van der Waals surface area (Å²) in [4.78, 5) is 8.46. The highest BCUT2D eigenvalue weighted by molar-refractivity contribution is 5.49. The Morgan fingerprint density at radius 1 is 1.43 bits per heavy atom. The first-order chi connectivity index (χ1) is 10.1. The normalized spacial score (nSPS) is 10.0. The molecular weight excluding hydrogens is 273 g/mol. The Kier molecular flexibility index (Phi) is 4.30. The van der Waals surface area contributed by atoms with Crippen LogP contribution in [0.15, 0.2) is 18.2 Å². The predicted molar refractivity (Wildman–Crippen MR) is 75.1 cm³/mol. The van der Waals surface area contributed by atoms with Gasteiger partial charge in [-0.15, -0.1) is 0 Å². The number of aryl methyl sites for hydroxylation is 1. The second kappa shape index (κ2) is 6.15. The molecule has 3 N–H and O–H groups in total. The van der Waals surface area contributed by atoms with Gasteiger partial charge >= 0.3 is 0 Å². The number of ether oxygens (including phenoxy) is 1. The molecule has 0 atom stereocenters. The van der Waals surface area contributed by atoms with Crippen LogP contribution >= 0.6 is 0 Å². The van der Waals surface area contributed by atoms with Gasteiger partial charge in [-0.1, -0.05) is 6.92 Å². The molecule has 2 rings (SSSR count). The predicted octanol–water partition coefficient (Wildman–Crippen LogP) is 2.44. The SMILES string of the molecule is CCc1nc(NN)c(C)c(Oc2ccc(C#N)c(F)c2)n1. The summed E-state index contributed by atoms with van der Waals surface area (Å²) in [6.45, 7) is 3.64. The zero-order valence-electron chi connectivity index (χ0n) is 11.6. The number of nitrogens with two attached hydrogens (primary N) is 1. The number of hydrogen-bond acceptors (Lipinski definition) is 6. The van der Waals surface area contributed by atoms with Crippen molar-refractivity contribution < 1.29 is 9.13 Å². The number of halogens is 1. The minimum Gasteiger partial charge on any atom is -0.438 e. The minimum atomic E-state index is -0.644. The molecule has 1 heterocycles. The standard InChI is InChI=1S/C14H14FN5O/c1-3-12-18-13(20-17)8(2)14(19-12)21-10-5-4-9(7-16)11(15)6-10/h4-6H,3,17H2,1-2H3,(H,18,19,20). The highest BCUT2D eigenvalue weighted by Gasteiger charge is 2.12. The number of hydrazine groups is 1. The van der Waals surface area contributed by atoms with Crippen LogP contribution < -0.4 is 16.0 Å². The van der Waals surface area contributed by atoms with E-state index in [9.17, 15) is 4.39 Å². The van der Waals surface area contributed by atoms with Gasteiger partial charge in [0.05, 0.1) is 11.1 Å². The molecule has 0 radical (unpaired) electrons. The molecule has 108 valence electrons. The number of hydrogen-bond donors (Lipinski definition) is 2. The fraction of sp³-hybridized carbons (Fsp3) is 0.214. The number of nitrogens with zero attached hydrogens (tertiary/aromatic N) is 3. The highest BCUT2D eigenvalue weighted by Crippen LogP contribution is 2.27. The van der Waals surface area contributed by atoms with Gasteiger partial charge in [-0.2, -0.15) is 10.2 Å². The molecule has 0 bridgehead atoms. The maximum atomic E-state index is 13.6. The molecule has 0 amide bonds. The Hall–Kier alpha value is -2.72. The van der Waals surface area contributed by atoms with Crippen molar-refractivity contribution in [3.8, 4) is 17.7 Å². The summed E-state index contributed by atoms with van der Waals surface area (Å²) in [7, 11) is 0. The van der Waals surface area contributed by atoms with Crippen LogP contribution in [0.4, 0.5) is 10.2 Å². The van der Waals surface area contributed by atoms with Crippen molar-refractivity contribution in [2.75, 3.05) is 5.43 Å². The number of nitrogens with one attached hydrogen (secondary N) is 1. The Morgan fingerprint density at radius 3 is 2.76 bits per heavy atom. The van der Waals surface area contributed by atoms with Gasteiger partial charge in [0.2, 0.25) is 5.88 Å². The average molecular weight is 287 g/mol. The fourth-order valence-electron chi connectivity index (χ4n) is 1.70. The zero-order chi connectivity index (χ0) is 15.4. The van der Waals surface area contributed by atoms with Crippen LogP contribution in [0, 0.1) is 24.1 Å². The molecule has 0 spiro atoms. The molecule has 7 heteroatoms. The van der Waals surface area contributed by atoms with E-state index in [0.29, 0.717) is 29.5 Å². The second-order valence-electron chi connectivity index (χ2n) is 4.27. The topological polar surface area (TPSA) is 96.9 Å². The molecule has 1 aromatic heterocycles. The van der Waals surface area contributed by atoms with E-state index in [2.05, 4.69) is 15.4 Å². The molecule has 0 saturated heterocycles. The van der Waals surface area contributed by atoms with Gasteiger partial charge < -0.3 is 10.2 Å². The molecule has 0 aliphatic heterocycles. The Labute approximate surface area is 121 Å². The first-order valence-electron chi connectivity index (χ1n) is 6.30. The molecule has 6 nitrogen and oxygen atoms in total. The van der Waals surface area contributed by atoms with Crippen molar-refractivity contribution in [1.82, 2.24) is 9.97 Å². The van der Waals surface area contributed by atoms with Crippen LogP contribution in [-0.2, 0) is 6.42 Å². The maximum Gasteiger partial charge on any atom is 0.227 e. The molecule has 0 aliphatic carbocycles. The number of benzene rings is 1. The molecule has 1 aromatic carbocycles. The van der Waals surface area contributed by atoms with Crippen LogP contribution in [0.25, 0.3) is 0 Å². The van der Waals surface area contributed by atoms with E-state index in [-0.39, 0.29) is 11.3 Å². The van der Waals surface area contributed by atoms with Gasteiger partial charge in [0.25, 0.3) is 0 Å². The Balaban J connectivity index is 2.39. The van der Waals surface area contributed by atoms with Crippen molar-refractivity contribution >= 4 is 5.82 Å². The lowest BCUT2D eigenvalue weighted by Crippen LogP contribution is -2.13. The Bertz CT molecular complexity index is 711. The van der Waals surface area contributed by atoms with Gasteiger partial charge in [0, 0.05) is 12.5 Å². The fourth-order valence-corrected chi connectivity index (χ4v) is 1.70. The molecule has 2 aromatic rings. The minimum absolute atomic E-state index is 0.0414. The third kappa shape index (κ3) is 3.07. The van der Waals surface area contributed by atoms with Crippen LogP contribution in [0.2, 0.25) is 0 Å². The third-order valence-electron chi connectivity index (χ3n) is 2.88. The van der Waals surface area contributed by atoms with E-state index in [1.165, 1.54) is 12.1 Å². The molecule has 0 saturated carbocycles. The number of anilines is 1. The molecule has 21 heavy (non-hydrogen) atoms. The number of nitrogen functional groups attached to an aromatic ring is 1. The molecule has 0 aliphatic rings. The summed E-state index contributed by atoms with van der Waals surface area (Å²) >= 11 is 0. The monoisotopic (exact) mass is 287 g/mol. The summed E-state index contributed by atoms with van der Waals surface area (Å²) in [5, 5.41) is 8.71. The third-order valence-corrected chi connectivity index (χ3v) is 2.88.